The summed E-state index contributed by atoms with van der Waals surface area (Å²) in [6.45, 7) is 2.37. The average molecular weight is 447 g/mol. The summed E-state index contributed by atoms with van der Waals surface area (Å²) in [7, 11) is 0. The van der Waals surface area contributed by atoms with Gasteiger partial charge in [0.15, 0.2) is 0 Å². The van der Waals surface area contributed by atoms with Crippen molar-refractivity contribution in [3.63, 3.8) is 0 Å². The van der Waals surface area contributed by atoms with E-state index >= 15 is 0 Å². The second-order valence-electron chi connectivity index (χ2n) is 7.29. The average Bonchev–Trinajstić information content (AvgIpc) is 3.05. The Morgan fingerprint density at radius 3 is 2.55 bits per heavy atom. The van der Waals surface area contributed by atoms with Gasteiger partial charge in [0.25, 0.3) is 5.91 Å². The maximum Gasteiger partial charge on any atom is 0.266 e. The summed E-state index contributed by atoms with van der Waals surface area (Å²) in [5, 5.41) is 5.09. The fourth-order valence-electron chi connectivity index (χ4n) is 3.40. The van der Waals surface area contributed by atoms with Gasteiger partial charge in [0.1, 0.15) is 4.32 Å². The molecule has 0 unspecified atom stereocenters. The molecule has 1 heterocycles. The Kier molecular flexibility index (Phi) is 6.49. The number of hydrogen-bond acceptors (Lipinski definition) is 4. The van der Waals surface area contributed by atoms with Crippen molar-refractivity contribution < 1.29 is 9.59 Å². The first-order valence-corrected chi connectivity index (χ1v) is 11.4. The number of thiocarbonyl (C=S) groups is 1. The van der Waals surface area contributed by atoms with Crippen LogP contribution in [0.15, 0.2) is 71.6 Å². The van der Waals surface area contributed by atoms with Gasteiger partial charge in [0.05, 0.1) is 4.91 Å². The molecule has 1 aliphatic rings. The number of benzene rings is 3. The van der Waals surface area contributed by atoms with Crippen LogP contribution in [-0.2, 0) is 16.0 Å². The number of amides is 2. The largest absolute Gasteiger partial charge is 0.326 e. The number of hydrogen-bond donors (Lipinski definition) is 1. The molecule has 3 aromatic carbocycles. The van der Waals surface area contributed by atoms with Gasteiger partial charge in [0.2, 0.25) is 5.91 Å². The van der Waals surface area contributed by atoms with E-state index in [4.69, 9.17) is 12.2 Å². The number of thioether (sulfide) groups is 1. The minimum atomic E-state index is -0.150. The highest BCUT2D eigenvalue weighted by molar-refractivity contribution is 8.26. The van der Waals surface area contributed by atoms with Crippen molar-refractivity contribution in [2.75, 3.05) is 11.9 Å². The lowest BCUT2D eigenvalue weighted by Crippen LogP contribution is -2.31. The van der Waals surface area contributed by atoms with E-state index in [1.165, 1.54) is 22.2 Å². The third kappa shape index (κ3) is 5.03. The summed E-state index contributed by atoms with van der Waals surface area (Å²) in [6.07, 6.45) is 3.01. The second kappa shape index (κ2) is 9.45. The molecule has 1 aliphatic heterocycles. The van der Waals surface area contributed by atoms with E-state index in [0.29, 0.717) is 9.23 Å². The zero-order chi connectivity index (χ0) is 21.8. The highest BCUT2D eigenvalue weighted by Gasteiger charge is 2.32. The summed E-state index contributed by atoms with van der Waals surface area (Å²) < 4.78 is 0.486. The standard InChI is InChI=1S/C25H22N2O2S2/c1-2-17-7-9-18(10-8-17)15-22-24(29)27(25(30)31-22)14-13-23(28)26-21-12-11-19-5-3-4-6-20(19)16-21/h3-12,15-16H,2,13-14H2,1H3,(H,26,28)/b22-15+. The van der Waals surface area contributed by atoms with Crippen molar-refractivity contribution in [1.82, 2.24) is 4.90 Å². The van der Waals surface area contributed by atoms with E-state index < -0.39 is 0 Å². The number of fused-ring (bicyclic) bond motifs is 1. The molecule has 0 spiro atoms. The monoisotopic (exact) mass is 446 g/mol. The number of anilines is 1. The molecule has 1 fully saturated rings. The molecule has 0 saturated carbocycles. The molecule has 0 radical (unpaired) electrons. The third-order valence-corrected chi connectivity index (χ3v) is 6.53. The normalized spacial score (nSPS) is 15.1. The van der Waals surface area contributed by atoms with Gasteiger partial charge >= 0.3 is 0 Å². The Balaban J connectivity index is 1.37. The van der Waals surface area contributed by atoms with Gasteiger partial charge < -0.3 is 5.32 Å². The Morgan fingerprint density at radius 2 is 1.81 bits per heavy atom. The van der Waals surface area contributed by atoms with Gasteiger partial charge in [-0.3, -0.25) is 14.5 Å². The second-order valence-corrected chi connectivity index (χ2v) is 8.96. The molecule has 1 N–H and O–H groups in total. The minimum absolute atomic E-state index is 0.145. The SMILES string of the molecule is CCc1ccc(/C=C2/SC(=S)N(CCC(=O)Nc3ccc4ccccc4c3)C2=O)cc1. The van der Waals surface area contributed by atoms with E-state index in [1.54, 1.807) is 0 Å². The van der Waals surface area contributed by atoms with E-state index in [9.17, 15) is 9.59 Å². The Morgan fingerprint density at radius 1 is 1.06 bits per heavy atom. The molecule has 4 nitrogen and oxygen atoms in total. The van der Waals surface area contributed by atoms with Crippen molar-refractivity contribution in [1.29, 1.82) is 0 Å². The van der Waals surface area contributed by atoms with Crippen LogP contribution in [0.2, 0.25) is 0 Å². The van der Waals surface area contributed by atoms with Crippen LogP contribution < -0.4 is 5.32 Å². The lowest BCUT2D eigenvalue weighted by molar-refractivity contribution is -0.122. The van der Waals surface area contributed by atoms with Crippen LogP contribution in [0.1, 0.15) is 24.5 Å². The summed E-state index contributed by atoms with van der Waals surface area (Å²) in [5.41, 5.74) is 2.96. The first kappa shape index (κ1) is 21.3. The number of nitrogens with zero attached hydrogens (tertiary/aromatic N) is 1. The summed E-state index contributed by atoms with van der Waals surface area (Å²) in [6, 6.07) is 21.9. The van der Waals surface area contributed by atoms with Crippen LogP contribution >= 0.6 is 24.0 Å². The molecule has 0 atom stereocenters. The van der Waals surface area contributed by atoms with E-state index in [2.05, 4.69) is 24.4 Å². The van der Waals surface area contributed by atoms with Crippen LogP contribution in [0.4, 0.5) is 5.69 Å². The quantitative estimate of drug-likeness (QED) is 0.394. The summed E-state index contributed by atoms with van der Waals surface area (Å²) >= 11 is 6.66. The summed E-state index contributed by atoms with van der Waals surface area (Å²) in [5.74, 6) is -0.295. The molecule has 0 bridgehead atoms. The molecule has 1 saturated heterocycles. The fraction of sp³-hybridized carbons (Fsp3) is 0.160. The van der Waals surface area contributed by atoms with Gasteiger partial charge in [-0.2, -0.15) is 0 Å². The van der Waals surface area contributed by atoms with E-state index in [-0.39, 0.29) is 24.8 Å². The molecule has 6 heteroatoms. The Hall–Kier alpha value is -2.96. The predicted octanol–water partition coefficient (Wildman–Crippen LogP) is 5.63. The molecule has 0 aromatic heterocycles. The molecule has 156 valence electrons. The Bertz CT molecular complexity index is 1190. The molecule has 4 rings (SSSR count). The van der Waals surface area contributed by atoms with Crippen LogP contribution in [0, 0.1) is 0 Å². The Labute approximate surface area is 191 Å². The fourth-order valence-corrected chi connectivity index (χ4v) is 4.71. The van der Waals surface area contributed by atoms with Crippen molar-refractivity contribution >= 4 is 62.7 Å². The first-order valence-electron chi connectivity index (χ1n) is 10.2. The van der Waals surface area contributed by atoms with E-state index in [1.807, 2.05) is 60.7 Å². The minimum Gasteiger partial charge on any atom is -0.326 e. The lowest BCUT2D eigenvalue weighted by Gasteiger charge is -2.14. The zero-order valence-corrected chi connectivity index (χ0v) is 18.8. The van der Waals surface area contributed by atoms with Crippen LogP contribution in [0.3, 0.4) is 0 Å². The molecular formula is C25H22N2O2S2. The number of rotatable bonds is 6. The summed E-state index contributed by atoms with van der Waals surface area (Å²) in [4.78, 5) is 27.3. The highest BCUT2D eigenvalue weighted by atomic mass is 32.2. The highest BCUT2D eigenvalue weighted by Crippen LogP contribution is 2.32. The lowest BCUT2D eigenvalue weighted by atomic mass is 10.1. The van der Waals surface area contributed by atoms with Gasteiger partial charge in [0, 0.05) is 18.7 Å². The maximum absolute atomic E-state index is 12.8. The smallest absolute Gasteiger partial charge is 0.266 e. The zero-order valence-electron chi connectivity index (χ0n) is 17.1. The van der Waals surface area contributed by atoms with Gasteiger partial charge in [-0.25, -0.2) is 0 Å². The number of aryl methyl sites for hydroxylation is 1. The topological polar surface area (TPSA) is 49.4 Å². The van der Waals surface area contributed by atoms with Crippen LogP contribution in [0.5, 0.6) is 0 Å². The molecule has 3 aromatic rings. The number of carbonyl (C=O) groups excluding carboxylic acids is 2. The molecule has 31 heavy (non-hydrogen) atoms. The van der Waals surface area contributed by atoms with Crippen molar-refractivity contribution in [3.8, 4) is 0 Å². The molecule has 2 amide bonds. The predicted molar refractivity (Wildman–Crippen MR) is 133 cm³/mol. The first-order chi connectivity index (χ1) is 15.0. The number of carbonyl (C=O) groups is 2. The molecule has 0 aliphatic carbocycles. The van der Waals surface area contributed by atoms with Crippen molar-refractivity contribution in [2.45, 2.75) is 19.8 Å². The third-order valence-electron chi connectivity index (χ3n) is 5.16. The van der Waals surface area contributed by atoms with Gasteiger partial charge in [-0.1, -0.05) is 85.5 Å². The van der Waals surface area contributed by atoms with Crippen LogP contribution in [-0.4, -0.2) is 27.6 Å². The van der Waals surface area contributed by atoms with Crippen LogP contribution in [0.25, 0.3) is 16.8 Å². The van der Waals surface area contributed by atoms with Gasteiger partial charge in [-0.05, 0) is 46.5 Å². The van der Waals surface area contributed by atoms with Crippen molar-refractivity contribution in [3.05, 3.63) is 82.8 Å². The van der Waals surface area contributed by atoms with Gasteiger partial charge in [-0.15, -0.1) is 0 Å². The van der Waals surface area contributed by atoms with E-state index in [0.717, 1.165) is 28.4 Å². The molecular weight excluding hydrogens is 424 g/mol. The number of nitrogens with one attached hydrogen (secondary N) is 1. The van der Waals surface area contributed by atoms with Crippen molar-refractivity contribution in [2.24, 2.45) is 0 Å². The maximum atomic E-state index is 12.8.